The number of aromatic hydroxyl groups is 1. The van der Waals surface area contributed by atoms with Gasteiger partial charge in [-0.2, -0.15) is 5.10 Å². The van der Waals surface area contributed by atoms with Gasteiger partial charge in [-0.05, 0) is 92.1 Å². The van der Waals surface area contributed by atoms with Gasteiger partial charge in [-0.1, -0.05) is 38.1 Å². The number of benzene rings is 3. The third-order valence-corrected chi connectivity index (χ3v) is 7.90. The quantitative estimate of drug-likeness (QED) is 0.186. The number of methoxy groups -OCH3 is 1. The van der Waals surface area contributed by atoms with Crippen LogP contribution < -0.4 is 14.2 Å². The van der Waals surface area contributed by atoms with Gasteiger partial charge in [0.15, 0.2) is 11.5 Å². The predicted molar refractivity (Wildman–Crippen MR) is 167 cm³/mol. The van der Waals surface area contributed by atoms with Crippen molar-refractivity contribution in [2.24, 2.45) is 5.92 Å². The lowest BCUT2D eigenvalue weighted by molar-refractivity contribution is 0.0745. The van der Waals surface area contributed by atoms with Crippen LogP contribution in [0.15, 0.2) is 54.6 Å². The molecule has 8 nitrogen and oxygen atoms in total. The number of ether oxygens (including phenoxy) is 3. The number of H-pyrrole nitrogens is 1. The van der Waals surface area contributed by atoms with Crippen molar-refractivity contribution >= 4 is 5.91 Å². The van der Waals surface area contributed by atoms with Gasteiger partial charge in [-0.15, -0.1) is 0 Å². The number of hydrogen-bond acceptors (Lipinski definition) is 6. The summed E-state index contributed by atoms with van der Waals surface area (Å²) in [6.45, 7) is 11.7. The van der Waals surface area contributed by atoms with Gasteiger partial charge in [0.05, 0.1) is 26.4 Å². The SMILES string of the molecule is CCOc1cc(C2c3c(-c4cc(C)cc(C)c4O)n[nH]c3C(=O)N2CCc2ccc(OC)cc2)ccc1OCCC(C)C. The lowest BCUT2D eigenvalue weighted by atomic mass is 9.93. The second-order valence-corrected chi connectivity index (χ2v) is 11.5. The van der Waals surface area contributed by atoms with Crippen molar-refractivity contribution in [3.63, 3.8) is 0 Å². The Morgan fingerprint density at radius 2 is 1.79 bits per heavy atom. The first-order valence-electron chi connectivity index (χ1n) is 14.9. The molecule has 8 heteroatoms. The highest BCUT2D eigenvalue weighted by Gasteiger charge is 2.42. The van der Waals surface area contributed by atoms with Crippen molar-refractivity contribution in [3.05, 3.63) is 88.1 Å². The third kappa shape index (κ3) is 6.19. The summed E-state index contributed by atoms with van der Waals surface area (Å²) >= 11 is 0. The van der Waals surface area contributed by atoms with Gasteiger partial charge >= 0.3 is 0 Å². The van der Waals surface area contributed by atoms with E-state index in [0.717, 1.165) is 40.0 Å². The van der Waals surface area contributed by atoms with Crippen molar-refractivity contribution in [2.45, 2.75) is 53.5 Å². The van der Waals surface area contributed by atoms with E-state index in [4.69, 9.17) is 14.2 Å². The predicted octanol–water partition coefficient (Wildman–Crippen LogP) is 7.02. The molecule has 1 amide bonds. The first-order chi connectivity index (χ1) is 20.7. The van der Waals surface area contributed by atoms with E-state index < -0.39 is 6.04 Å². The molecule has 1 aliphatic rings. The number of hydrogen-bond donors (Lipinski definition) is 2. The molecule has 2 heterocycles. The number of amides is 1. The van der Waals surface area contributed by atoms with Crippen molar-refractivity contribution in [2.75, 3.05) is 26.9 Å². The van der Waals surface area contributed by atoms with Crippen LogP contribution in [0.1, 0.15) is 71.5 Å². The number of carbonyl (C=O) groups excluding carboxylic acids is 1. The molecule has 5 rings (SSSR count). The molecule has 0 radical (unpaired) electrons. The van der Waals surface area contributed by atoms with E-state index in [1.807, 2.05) is 80.3 Å². The maximum atomic E-state index is 14.0. The molecular formula is C35H41N3O5. The molecule has 1 unspecified atom stereocenters. The Labute approximate surface area is 253 Å². The van der Waals surface area contributed by atoms with Crippen molar-refractivity contribution in [1.29, 1.82) is 0 Å². The van der Waals surface area contributed by atoms with Crippen LogP contribution >= 0.6 is 0 Å². The smallest absolute Gasteiger partial charge is 0.273 e. The number of aromatic nitrogens is 2. The summed E-state index contributed by atoms with van der Waals surface area (Å²) in [5, 5.41) is 18.7. The number of phenolic OH excluding ortho intramolecular Hbond substituents is 1. The Bertz CT molecular complexity index is 1590. The van der Waals surface area contributed by atoms with Crippen LogP contribution in [0.25, 0.3) is 11.3 Å². The van der Waals surface area contributed by atoms with Crippen molar-refractivity contribution in [3.8, 4) is 34.3 Å². The largest absolute Gasteiger partial charge is 0.507 e. The number of carbonyl (C=O) groups is 1. The Kier molecular flexibility index (Phi) is 8.94. The molecule has 0 fully saturated rings. The molecule has 0 spiro atoms. The Hall–Kier alpha value is -4.46. The Morgan fingerprint density at radius 1 is 1.02 bits per heavy atom. The van der Waals surface area contributed by atoms with Gasteiger partial charge in [0.2, 0.25) is 0 Å². The number of nitrogens with one attached hydrogen (secondary N) is 1. The van der Waals surface area contributed by atoms with Crippen LogP contribution in [0.3, 0.4) is 0 Å². The molecule has 3 aromatic carbocycles. The maximum absolute atomic E-state index is 14.0. The normalized spacial score (nSPS) is 14.3. The molecule has 0 aliphatic carbocycles. The molecule has 1 aromatic heterocycles. The number of aromatic amines is 1. The lowest BCUT2D eigenvalue weighted by Crippen LogP contribution is -2.31. The zero-order chi connectivity index (χ0) is 30.7. The fourth-order valence-electron chi connectivity index (χ4n) is 5.65. The van der Waals surface area contributed by atoms with Gasteiger partial charge in [0.1, 0.15) is 22.9 Å². The second-order valence-electron chi connectivity index (χ2n) is 11.5. The number of fused-ring (bicyclic) bond motifs is 1. The Balaban J connectivity index is 1.58. The lowest BCUT2D eigenvalue weighted by Gasteiger charge is -2.27. The highest BCUT2D eigenvalue weighted by atomic mass is 16.5. The highest BCUT2D eigenvalue weighted by molar-refractivity contribution is 6.00. The van der Waals surface area contributed by atoms with E-state index >= 15 is 0 Å². The summed E-state index contributed by atoms with van der Waals surface area (Å²) in [7, 11) is 1.65. The Morgan fingerprint density at radius 3 is 2.49 bits per heavy atom. The van der Waals surface area contributed by atoms with Gasteiger partial charge in [-0.3, -0.25) is 9.89 Å². The average molecular weight is 584 g/mol. The molecule has 1 aliphatic heterocycles. The van der Waals surface area contributed by atoms with E-state index in [9.17, 15) is 9.90 Å². The van der Waals surface area contributed by atoms with E-state index in [1.165, 1.54) is 0 Å². The van der Waals surface area contributed by atoms with Crippen LogP contribution in [-0.2, 0) is 6.42 Å². The number of aryl methyl sites for hydroxylation is 2. The van der Waals surface area contributed by atoms with Gasteiger partial charge in [0.25, 0.3) is 5.91 Å². The minimum absolute atomic E-state index is 0.133. The number of phenols is 1. The maximum Gasteiger partial charge on any atom is 0.273 e. The molecule has 1 atom stereocenters. The number of rotatable bonds is 12. The number of nitrogens with zero attached hydrogens (tertiary/aromatic N) is 2. The highest BCUT2D eigenvalue weighted by Crippen LogP contribution is 2.46. The summed E-state index contributed by atoms with van der Waals surface area (Å²) in [5.74, 6) is 2.66. The molecule has 2 N–H and O–H groups in total. The van der Waals surface area contributed by atoms with Crippen molar-refractivity contribution < 1.29 is 24.1 Å². The molecule has 4 aromatic rings. The zero-order valence-electron chi connectivity index (χ0n) is 25.9. The molecular weight excluding hydrogens is 542 g/mol. The zero-order valence-corrected chi connectivity index (χ0v) is 25.9. The summed E-state index contributed by atoms with van der Waals surface area (Å²) < 4.78 is 17.5. The minimum atomic E-state index is -0.446. The van der Waals surface area contributed by atoms with Crippen molar-refractivity contribution in [1.82, 2.24) is 15.1 Å². The first kappa shape index (κ1) is 30.0. The third-order valence-electron chi connectivity index (χ3n) is 7.90. The van der Waals surface area contributed by atoms with Crippen LogP contribution in [0.2, 0.25) is 0 Å². The summed E-state index contributed by atoms with van der Waals surface area (Å²) in [5.41, 5.74) is 6.08. The standard InChI is InChI=1S/C35H41N3O5/c1-7-42-29-20-25(10-13-28(29)43-17-15-21(2)3)33-30-31(27-19-22(4)18-23(5)34(27)39)36-37-32(30)35(40)38(33)16-14-24-8-11-26(41-6)12-9-24/h8-13,18-21,33,39H,7,14-17H2,1-6H3,(H,36,37). The van der Waals surface area contributed by atoms with Crippen LogP contribution in [0.4, 0.5) is 0 Å². The summed E-state index contributed by atoms with van der Waals surface area (Å²) in [6.07, 6.45) is 1.59. The first-order valence-corrected chi connectivity index (χ1v) is 14.9. The van der Waals surface area contributed by atoms with E-state index in [1.54, 1.807) is 7.11 Å². The molecule has 0 saturated heterocycles. The van der Waals surface area contributed by atoms with Gasteiger partial charge in [-0.25, -0.2) is 0 Å². The molecule has 226 valence electrons. The molecule has 0 bridgehead atoms. The summed E-state index contributed by atoms with van der Waals surface area (Å²) in [6, 6.07) is 17.2. The topological polar surface area (TPSA) is 96.9 Å². The average Bonchev–Trinajstić information content (AvgIpc) is 3.53. The fraction of sp³-hybridized carbons (Fsp3) is 0.371. The van der Waals surface area contributed by atoms with Gasteiger partial charge in [0, 0.05) is 17.7 Å². The molecule has 43 heavy (non-hydrogen) atoms. The summed E-state index contributed by atoms with van der Waals surface area (Å²) in [4.78, 5) is 15.8. The second kappa shape index (κ2) is 12.8. The molecule has 0 saturated carbocycles. The monoisotopic (exact) mass is 583 g/mol. The van der Waals surface area contributed by atoms with Gasteiger partial charge < -0.3 is 24.2 Å². The van der Waals surface area contributed by atoms with E-state index in [0.29, 0.717) is 60.5 Å². The van der Waals surface area contributed by atoms with Crippen LogP contribution in [0, 0.1) is 19.8 Å². The fourth-order valence-corrected chi connectivity index (χ4v) is 5.65. The van der Waals surface area contributed by atoms with Crippen LogP contribution in [-0.4, -0.2) is 53.0 Å². The van der Waals surface area contributed by atoms with E-state index in [2.05, 4.69) is 24.0 Å². The minimum Gasteiger partial charge on any atom is -0.507 e. The van der Waals surface area contributed by atoms with Crippen LogP contribution in [0.5, 0.6) is 23.0 Å². The van der Waals surface area contributed by atoms with E-state index in [-0.39, 0.29) is 11.7 Å².